The zero-order valence-corrected chi connectivity index (χ0v) is 18.2. The van der Waals surface area contributed by atoms with E-state index < -0.39 is 0 Å². The summed E-state index contributed by atoms with van der Waals surface area (Å²) in [5.41, 5.74) is 6.69. The highest BCUT2D eigenvalue weighted by Crippen LogP contribution is 2.47. The highest BCUT2D eigenvalue weighted by Gasteiger charge is 2.40. The largest absolute Gasteiger partial charge is 0.343 e. The van der Waals surface area contributed by atoms with Crippen molar-refractivity contribution in [1.29, 1.82) is 0 Å². The standard InChI is InChI=1S/C22H41N/c1-14-22(12,13)16-15(2)23(21(9,10)11)18(20(6,7)8)17(16)19(3,4)5/h14H2,1-13H3. The topological polar surface area (TPSA) is 4.93 Å². The minimum atomic E-state index is 0.0920. The summed E-state index contributed by atoms with van der Waals surface area (Å²) in [4.78, 5) is 0. The second-order valence-electron chi connectivity index (χ2n) is 10.9. The highest BCUT2D eigenvalue weighted by molar-refractivity contribution is 5.50. The Kier molecular flexibility index (Phi) is 5.01. The summed E-state index contributed by atoms with van der Waals surface area (Å²) >= 11 is 0. The van der Waals surface area contributed by atoms with E-state index in [1.807, 2.05) is 0 Å². The van der Waals surface area contributed by atoms with Crippen LogP contribution in [0.15, 0.2) is 0 Å². The number of aromatic nitrogens is 1. The lowest BCUT2D eigenvalue weighted by Crippen LogP contribution is -2.32. The van der Waals surface area contributed by atoms with Gasteiger partial charge in [0.1, 0.15) is 0 Å². The van der Waals surface area contributed by atoms with Gasteiger partial charge in [-0.3, -0.25) is 0 Å². The average Bonchev–Trinajstić information content (AvgIpc) is 2.62. The van der Waals surface area contributed by atoms with Gasteiger partial charge in [-0.1, -0.05) is 62.3 Å². The van der Waals surface area contributed by atoms with E-state index in [4.69, 9.17) is 0 Å². The molecule has 23 heavy (non-hydrogen) atoms. The minimum Gasteiger partial charge on any atom is -0.343 e. The van der Waals surface area contributed by atoms with Gasteiger partial charge in [0.25, 0.3) is 0 Å². The van der Waals surface area contributed by atoms with Crippen LogP contribution in [0.3, 0.4) is 0 Å². The van der Waals surface area contributed by atoms with E-state index in [0.29, 0.717) is 0 Å². The fourth-order valence-corrected chi connectivity index (χ4v) is 3.97. The van der Waals surface area contributed by atoms with Crippen LogP contribution >= 0.6 is 0 Å². The molecule has 0 aliphatic carbocycles. The Hall–Kier alpha value is -0.720. The summed E-state index contributed by atoms with van der Waals surface area (Å²) in [6.45, 7) is 30.7. The van der Waals surface area contributed by atoms with Crippen LogP contribution < -0.4 is 0 Å². The van der Waals surface area contributed by atoms with E-state index in [9.17, 15) is 0 Å². The first-order chi connectivity index (χ1) is 9.96. The molecular formula is C22H41N. The fraction of sp³-hybridized carbons (Fsp3) is 0.818. The van der Waals surface area contributed by atoms with Gasteiger partial charge in [-0.2, -0.15) is 0 Å². The quantitative estimate of drug-likeness (QED) is 0.562. The van der Waals surface area contributed by atoms with Crippen molar-refractivity contribution in [3.8, 4) is 0 Å². The van der Waals surface area contributed by atoms with Crippen LogP contribution in [0.4, 0.5) is 0 Å². The molecular weight excluding hydrogens is 278 g/mol. The van der Waals surface area contributed by atoms with Gasteiger partial charge in [0, 0.05) is 22.3 Å². The monoisotopic (exact) mass is 319 g/mol. The van der Waals surface area contributed by atoms with Crippen molar-refractivity contribution in [2.24, 2.45) is 0 Å². The predicted molar refractivity (Wildman–Crippen MR) is 105 cm³/mol. The Morgan fingerprint density at radius 3 is 1.39 bits per heavy atom. The molecule has 0 saturated heterocycles. The normalized spacial score (nSPS) is 14.5. The van der Waals surface area contributed by atoms with Crippen molar-refractivity contribution in [2.75, 3.05) is 0 Å². The van der Waals surface area contributed by atoms with Crippen molar-refractivity contribution in [3.63, 3.8) is 0 Å². The van der Waals surface area contributed by atoms with Crippen LogP contribution in [0.2, 0.25) is 0 Å². The Morgan fingerprint density at radius 1 is 0.696 bits per heavy atom. The Labute approximate surface area is 145 Å². The Balaban J connectivity index is 4.13. The molecule has 0 N–H and O–H groups in total. The SMILES string of the molecule is CCC(C)(C)c1c(C(C)(C)C)c(C(C)(C)C)n(C(C)(C)C)c1C. The third-order valence-electron chi connectivity index (χ3n) is 5.10. The number of rotatable bonds is 2. The molecule has 0 aromatic carbocycles. The molecule has 1 heteroatoms. The third-order valence-corrected chi connectivity index (χ3v) is 5.10. The molecule has 1 rings (SSSR count). The van der Waals surface area contributed by atoms with E-state index in [0.717, 1.165) is 6.42 Å². The smallest absolute Gasteiger partial charge is 0.0361 e. The molecule has 1 aromatic rings. The molecule has 0 bridgehead atoms. The number of hydrogen-bond donors (Lipinski definition) is 0. The molecule has 0 aliphatic rings. The number of nitrogens with zero attached hydrogens (tertiary/aromatic N) is 1. The van der Waals surface area contributed by atoms with Crippen LogP contribution in [0.25, 0.3) is 0 Å². The highest BCUT2D eigenvalue weighted by atomic mass is 15.1. The Bertz CT molecular complexity index is 563. The molecule has 134 valence electrons. The lowest BCUT2D eigenvalue weighted by Gasteiger charge is -2.35. The lowest BCUT2D eigenvalue weighted by atomic mass is 9.71. The Morgan fingerprint density at radius 2 is 1.13 bits per heavy atom. The van der Waals surface area contributed by atoms with E-state index in [1.54, 1.807) is 11.1 Å². The molecule has 0 radical (unpaired) electrons. The van der Waals surface area contributed by atoms with Crippen molar-refractivity contribution in [3.05, 3.63) is 22.5 Å². The van der Waals surface area contributed by atoms with Gasteiger partial charge in [-0.25, -0.2) is 0 Å². The first-order valence-electron chi connectivity index (χ1n) is 9.23. The molecule has 0 fully saturated rings. The van der Waals surface area contributed by atoms with Crippen molar-refractivity contribution >= 4 is 0 Å². The molecule has 0 spiro atoms. The van der Waals surface area contributed by atoms with Gasteiger partial charge in [-0.15, -0.1) is 0 Å². The minimum absolute atomic E-state index is 0.0920. The van der Waals surface area contributed by atoms with Gasteiger partial charge in [-0.05, 0) is 56.1 Å². The average molecular weight is 320 g/mol. The van der Waals surface area contributed by atoms with E-state index >= 15 is 0 Å². The van der Waals surface area contributed by atoms with Crippen molar-refractivity contribution < 1.29 is 0 Å². The summed E-state index contributed by atoms with van der Waals surface area (Å²) in [5, 5.41) is 0. The van der Waals surface area contributed by atoms with E-state index in [1.165, 1.54) is 11.4 Å². The maximum absolute atomic E-state index is 2.63. The summed E-state index contributed by atoms with van der Waals surface area (Å²) < 4.78 is 2.63. The van der Waals surface area contributed by atoms with Crippen LogP contribution in [0.5, 0.6) is 0 Å². The fourth-order valence-electron chi connectivity index (χ4n) is 3.97. The van der Waals surface area contributed by atoms with E-state index in [-0.39, 0.29) is 21.8 Å². The van der Waals surface area contributed by atoms with Crippen LogP contribution in [-0.2, 0) is 21.8 Å². The van der Waals surface area contributed by atoms with Crippen molar-refractivity contribution in [2.45, 2.75) is 118 Å². The number of hydrogen-bond acceptors (Lipinski definition) is 0. The van der Waals surface area contributed by atoms with Crippen LogP contribution in [0.1, 0.15) is 112 Å². The summed E-state index contributed by atoms with van der Waals surface area (Å²) in [6.07, 6.45) is 1.16. The molecule has 0 atom stereocenters. The van der Waals surface area contributed by atoms with E-state index in [2.05, 4.69) is 94.6 Å². The summed E-state index contributed by atoms with van der Waals surface area (Å²) in [6, 6.07) is 0. The van der Waals surface area contributed by atoms with Gasteiger partial charge in [0.05, 0.1) is 0 Å². The molecule has 1 heterocycles. The molecule has 1 nitrogen and oxygen atoms in total. The predicted octanol–water partition coefficient (Wildman–Crippen LogP) is 6.83. The lowest BCUT2D eigenvalue weighted by molar-refractivity contribution is 0.348. The third kappa shape index (κ3) is 3.69. The van der Waals surface area contributed by atoms with Gasteiger partial charge < -0.3 is 4.57 Å². The molecule has 1 aromatic heterocycles. The van der Waals surface area contributed by atoms with Crippen LogP contribution in [0, 0.1) is 6.92 Å². The van der Waals surface area contributed by atoms with Crippen LogP contribution in [-0.4, -0.2) is 4.57 Å². The second-order valence-corrected chi connectivity index (χ2v) is 10.9. The first-order valence-corrected chi connectivity index (χ1v) is 9.23. The first kappa shape index (κ1) is 20.3. The molecule has 0 saturated carbocycles. The maximum atomic E-state index is 2.63. The maximum Gasteiger partial charge on any atom is 0.0361 e. The van der Waals surface area contributed by atoms with Gasteiger partial charge >= 0.3 is 0 Å². The molecule has 0 unspecified atom stereocenters. The zero-order chi connectivity index (χ0) is 18.6. The molecule has 0 aliphatic heterocycles. The summed E-state index contributed by atoms with van der Waals surface area (Å²) in [7, 11) is 0. The summed E-state index contributed by atoms with van der Waals surface area (Å²) in [5.74, 6) is 0. The van der Waals surface area contributed by atoms with Gasteiger partial charge in [0.2, 0.25) is 0 Å². The van der Waals surface area contributed by atoms with Crippen molar-refractivity contribution in [1.82, 2.24) is 4.57 Å². The van der Waals surface area contributed by atoms with Gasteiger partial charge in [0.15, 0.2) is 0 Å². The zero-order valence-electron chi connectivity index (χ0n) is 18.2. The molecule has 0 amide bonds. The second kappa shape index (κ2) is 5.67.